The number of nitrogens with one attached hydrogen (secondary N) is 2. The second-order valence-electron chi connectivity index (χ2n) is 7.99. The molecule has 0 spiro atoms. The lowest BCUT2D eigenvalue weighted by Crippen LogP contribution is -2.44. The molecule has 0 bridgehead atoms. The van der Waals surface area contributed by atoms with Gasteiger partial charge in [0, 0.05) is 30.9 Å². The number of aromatic nitrogens is 2. The van der Waals surface area contributed by atoms with Crippen LogP contribution in [0, 0.1) is 10.1 Å². The number of para-hydroxylation sites is 1. The van der Waals surface area contributed by atoms with Crippen LogP contribution in [0.25, 0.3) is 0 Å². The average molecular weight is 460 g/mol. The van der Waals surface area contributed by atoms with Gasteiger partial charge in [0.1, 0.15) is 23.8 Å². The lowest BCUT2D eigenvalue weighted by atomic mass is 9.86. The Labute approximate surface area is 187 Å². The number of hydrogen-bond donors (Lipinski definition) is 5. The Hall–Kier alpha value is -3.39. The number of guanidine groups is 1. The number of benzene rings is 1. The van der Waals surface area contributed by atoms with Gasteiger partial charge in [-0.25, -0.2) is 9.98 Å². The maximum absolute atomic E-state index is 11.7. The van der Waals surface area contributed by atoms with E-state index in [1.807, 2.05) is 0 Å². The zero-order valence-corrected chi connectivity index (χ0v) is 17.9. The molecule has 176 valence electrons. The number of hydrogen-bond acceptors (Lipinski definition) is 10. The Balaban J connectivity index is 1.81. The zero-order valence-electron chi connectivity index (χ0n) is 17.9. The lowest BCUT2D eigenvalue weighted by molar-refractivity contribution is -0.386. The fourth-order valence-corrected chi connectivity index (χ4v) is 4.15. The van der Waals surface area contributed by atoms with Gasteiger partial charge in [-0.2, -0.15) is 0 Å². The standard InChI is InChI=1S/C20H24N6O7/c1-10(12-5-3-4-6-13(12)26(31)32)20(30)17-18(23-19(24-20)22-11(2)28)25(9-21-17)16-7-14(29)15(8-27)33-16/h3-6,9-10,14-16,27,29-30H,7-8H2,1-2H3,(H2,22,23,24,28)/t10?,14-,15+,16+,20?/m0/s1. The summed E-state index contributed by atoms with van der Waals surface area (Å²) in [6, 6.07) is 5.99. The number of carbonyl (C=O) groups is 1. The molecule has 13 nitrogen and oxygen atoms in total. The van der Waals surface area contributed by atoms with Gasteiger partial charge in [-0.1, -0.05) is 25.1 Å². The number of aliphatic hydroxyl groups excluding tert-OH is 2. The number of anilines is 1. The molecule has 0 aliphatic carbocycles. The molecule has 1 aromatic carbocycles. The van der Waals surface area contributed by atoms with Crippen LogP contribution in [0.15, 0.2) is 35.6 Å². The van der Waals surface area contributed by atoms with E-state index in [9.17, 15) is 30.2 Å². The van der Waals surface area contributed by atoms with Crippen LogP contribution in [0.1, 0.15) is 43.7 Å². The number of amides is 1. The molecule has 13 heteroatoms. The largest absolute Gasteiger partial charge is 0.394 e. The topological polar surface area (TPSA) is 184 Å². The summed E-state index contributed by atoms with van der Waals surface area (Å²) in [5, 5.41) is 48.2. The molecule has 2 aliphatic heterocycles. The van der Waals surface area contributed by atoms with Crippen molar-refractivity contribution in [1.82, 2.24) is 14.9 Å². The monoisotopic (exact) mass is 460 g/mol. The maximum atomic E-state index is 11.7. The van der Waals surface area contributed by atoms with E-state index in [4.69, 9.17) is 4.74 Å². The number of nitrogens with zero attached hydrogens (tertiary/aromatic N) is 4. The normalized spacial score (nSPS) is 27.3. The van der Waals surface area contributed by atoms with Crippen LogP contribution in [0.2, 0.25) is 0 Å². The highest BCUT2D eigenvalue weighted by molar-refractivity contribution is 6.04. The van der Waals surface area contributed by atoms with Crippen LogP contribution in [0.3, 0.4) is 0 Å². The van der Waals surface area contributed by atoms with Gasteiger partial charge in [-0.15, -0.1) is 0 Å². The summed E-state index contributed by atoms with van der Waals surface area (Å²) in [5.41, 5.74) is -1.98. The molecule has 0 saturated carbocycles. The zero-order chi connectivity index (χ0) is 23.9. The molecule has 1 saturated heterocycles. The van der Waals surface area contributed by atoms with Gasteiger partial charge in [-0.05, 0) is 0 Å². The molecule has 2 unspecified atom stereocenters. The molecule has 2 aliphatic rings. The number of ether oxygens (including phenoxy) is 1. The van der Waals surface area contributed by atoms with Crippen LogP contribution >= 0.6 is 0 Å². The Morgan fingerprint density at radius 1 is 1.48 bits per heavy atom. The fourth-order valence-electron chi connectivity index (χ4n) is 4.15. The van der Waals surface area contributed by atoms with Crippen LogP contribution < -0.4 is 10.6 Å². The number of rotatable bonds is 5. The van der Waals surface area contributed by atoms with Crippen molar-refractivity contribution < 1.29 is 29.8 Å². The van der Waals surface area contributed by atoms with Gasteiger partial charge in [0.05, 0.1) is 24.0 Å². The van der Waals surface area contributed by atoms with Gasteiger partial charge in [0.25, 0.3) is 5.69 Å². The van der Waals surface area contributed by atoms with E-state index in [1.54, 1.807) is 13.0 Å². The van der Waals surface area contributed by atoms with E-state index in [-0.39, 0.29) is 41.7 Å². The van der Waals surface area contributed by atoms with Crippen LogP contribution in [0.4, 0.5) is 11.5 Å². The molecule has 5 N–H and O–H groups in total. The summed E-state index contributed by atoms with van der Waals surface area (Å²) >= 11 is 0. The number of carbonyl (C=O) groups excluding carboxylic acids is 1. The predicted octanol–water partition coefficient (Wildman–Crippen LogP) is 0.298. The quantitative estimate of drug-likeness (QED) is 0.309. The van der Waals surface area contributed by atoms with E-state index in [2.05, 4.69) is 20.6 Å². The van der Waals surface area contributed by atoms with Crippen LogP contribution in [-0.4, -0.2) is 60.5 Å². The van der Waals surface area contributed by atoms with Crippen molar-refractivity contribution in [2.75, 3.05) is 11.9 Å². The van der Waals surface area contributed by atoms with E-state index >= 15 is 0 Å². The molecule has 1 fully saturated rings. The Kier molecular flexibility index (Phi) is 5.88. The first-order valence-electron chi connectivity index (χ1n) is 10.3. The minimum atomic E-state index is -2.08. The summed E-state index contributed by atoms with van der Waals surface area (Å²) in [6.45, 7) is 2.46. The smallest absolute Gasteiger partial charge is 0.273 e. The van der Waals surface area contributed by atoms with Crippen molar-refractivity contribution in [3.63, 3.8) is 0 Å². The van der Waals surface area contributed by atoms with E-state index in [0.29, 0.717) is 0 Å². The van der Waals surface area contributed by atoms with E-state index < -0.39 is 40.9 Å². The third-order valence-corrected chi connectivity index (χ3v) is 5.85. The lowest BCUT2D eigenvalue weighted by Gasteiger charge is -2.34. The average Bonchev–Trinajstić information content (AvgIpc) is 3.36. The SMILES string of the molecule is CC(=O)NC1=NC(O)(C(C)c2ccccc2[N+](=O)[O-])c2ncn([C@H]3C[C@H](O)[C@@H](CO)O3)c2N1. The summed E-state index contributed by atoms with van der Waals surface area (Å²) in [4.78, 5) is 31.3. The second kappa shape index (κ2) is 8.51. The van der Waals surface area contributed by atoms with Crippen molar-refractivity contribution >= 4 is 23.4 Å². The number of nitro benzene ring substituents is 1. The van der Waals surface area contributed by atoms with Gasteiger partial charge < -0.3 is 25.4 Å². The number of imidazole rings is 1. The van der Waals surface area contributed by atoms with Gasteiger partial charge >= 0.3 is 0 Å². The number of aliphatic imine (C=N–C) groups is 1. The molecule has 3 heterocycles. The summed E-state index contributed by atoms with van der Waals surface area (Å²) in [7, 11) is 0. The Bertz CT molecular complexity index is 1120. The highest BCUT2D eigenvalue weighted by atomic mass is 16.6. The molecule has 33 heavy (non-hydrogen) atoms. The van der Waals surface area contributed by atoms with E-state index in [1.165, 1.54) is 36.0 Å². The van der Waals surface area contributed by atoms with Crippen LogP contribution in [-0.2, 0) is 15.3 Å². The number of fused-ring (bicyclic) bond motifs is 1. The van der Waals surface area contributed by atoms with Crippen molar-refractivity contribution in [1.29, 1.82) is 0 Å². The minimum absolute atomic E-state index is 0.0628. The molecule has 1 aromatic heterocycles. The van der Waals surface area contributed by atoms with Gasteiger partial charge in [0.15, 0.2) is 0 Å². The molecule has 0 radical (unpaired) electrons. The number of nitro groups is 1. The molecule has 1 amide bonds. The van der Waals surface area contributed by atoms with Crippen molar-refractivity contribution in [2.45, 2.75) is 50.3 Å². The molecule has 4 rings (SSSR count). The summed E-state index contributed by atoms with van der Waals surface area (Å²) < 4.78 is 7.21. The first-order chi connectivity index (χ1) is 15.7. The minimum Gasteiger partial charge on any atom is -0.394 e. The molecule has 2 aromatic rings. The Morgan fingerprint density at radius 3 is 2.85 bits per heavy atom. The molecular formula is C20H24N6O7. The highest BCUT2D eigenvalue weighted by Gasteiger charge is 2.47. The maximum Gasteiger partial charge on any atom is 0.273 e. The third-order valence-electron chi connectivity index (χ3n) is 5.85. The summed E-state index contributed by atoms with van der Waals surface area (Å²) in [6.07, 6.45) is -0.888. The fraction of sp³-hybridized carbons (Fsp3) is 0.450. The van der Waals surface area contributed by atoms with Crippen molar-refractivity contribution in [3.05, 3.63) is 52.0 Å². The van der Waals surface area contributed by atoms with Crippen molar-refractivity contribution in [2.24, 2.45) is 4.99 Å². The summed E-state index contributed by atoms with van der Waals surface area (Å²) in [5.74, 6) is -1.24. The van der Waals surface area contributed by atoms with Gasteiger partial charge in [0.2, 0.25) is 17.6 Å². The first kappa shape index (κ1) is 22.8. The van der Waals surface area contributed by atoms with Crippen LogP contribution in [0.5, 0.6) is 0 Å². The van der Waals surface area contributed by atoms with Crippen molar-refractivity contribution in [3.8, 4) is 0 Å². The molecule has 5 atom stereocenters. The third kappa shape index (κ3) is 3.95. The molecular weight excluding hydrogens is 436 g/mol. The first-order valence-corrected chi connectivity index (χ1v) is 10.3. The van der Waals surface area contributed by atoms with Gasteiger partial charge in [-0.3, -0.25) is 24.8 Å². The Morgan fingerprint density at radius 2 is 2.21 bits per heavy atom. The number of aliphatic hydroxyl groups is 3. The second-order valence-corrected chi connectivity index (χ2v) is 7.99. The predicted molar refractivity (Wildman–Crippen MR) is 114 cm³/mol. The highest BCUT2D eigenvalue weighted by Crippen LogP contribution is 2.46. The van der Waals surface area contributed by atoms with E-state index in [0.717, 1.165) is 0 Å².